The van der Waals surface area contributed by atoms with E-state index in [2.05, 4.69) is 22.6 Å². The molecule has 0 amide bonds. The van der Waals surface area contributed by atoms with Gasteiger partial charge in [-0.3, -0.25) is 0 Å². The van der Waals surface area contributed by atoms with Gasteiger partial charge >= 0.3 is 0 Å². The molecule has 28 heavy (non-hydrogen) atoms. The van der Waals surface area contributed by atoms with Crippen LogP contribution in [0.25, 0.3) is 0 Å². The van der Waals surface area contributed by atoms with Gasteiger partial charge in [-0.1, -0.05) is 12.1 Å². The van der Waals surface area contributed by atoms with Crippen molar-refractivity contribution in [3.05, 3.63) is 29.8 Å². The monoisotopic (exact) mass is 394 g/mol. The summed E-state index contributed by atoms with van der Waals surface area (Å²) in [6, 6.07) is 8.00. The van der Waals surface area contributed by atoms with E-state index in [0.717, 1.165) is 76.1 Å². The van der Waals surface area contributed by atoms with Crippen LogP contribution in [0.15, 0.2) is 29.3 Å². The maximum atomic E-state index is 5.40. The van der Waals surface area contributed by atoms with E-state index in [-0.39, 0.29) is 0 Å². The Morgan fingerprint density at radius 2 is 1.75 bits per heavy atom. The number of likely N-dealkylation sites (N-methyl/N-ethyl adjacent to an activating group) is 1. The molecule has 160 valence electrons. The van der Waals surface area contributed by atoms with E-state index in [4.69, 9.17) is 19.2 Å². The van der Waals surface area contributed by atoms with Crippen molar-refractivity contribution in [2.75, 3.05) is 67.3 Å². The lowest BCUT2D eigenvalue weighted by Gasteiger charge is -2.18. The van der Waals surface area contributed by atoms with E-state index in [1.165, 1.54) is 0 Å². The lowest BCUT2D eigenvalue weighted by molar-refractivity contribution is 0.145. The Morgan fingerprint density at radius 3 is 2.43 bits per heavy atom. The normalized spacial score (nSPS) is 11.7. The number of nitrogens with zero attached hydrogens (tertiary/aromatic N) is 2. The maximum absolute atomic E-state index is 5.40. The smallest absolute Gasteiger partial charge is 0.191 e. The molecule has 0 unspecified atom stereocenters. The molecule has 0 heterocycles. The van der Waals surface area contributed by atoms with Gasteiger partial charge in [0.05, 0.1) is 13.7 Å². The average molecular weight is 395 g/mol. The highest BCUT2D eigenvalue weighted by atomic mass is 16.5. The Labute approximate surface area is 170 Å². The molecule has 0 bridgehead atoms. The third-order valence-corrected chi connectivity index (χ3v) is 4.22. The first kappa shape index (κ1) is 24.2. The van der Waals surface area contributed by atoms with Crippen molar-refractivity contribution in [3.8, 4) is 5.75 Å². The number of ether oxygens (including phenoxy) is 3. The number of guanidine groups is 1. The molecule has 0 aromatic heterocycles. The minimum atomic E-state index is 0.620. The summed E-state index contributed by atoms with van der Waals surface area (Å²) in [5.74, 6) is 1.69. The Balaban J connectivity index is 2.47. The van der Waals surface area contributed by atoms with Crippen LogP contribution in [0, 0.1) is 0 Å². The van der Waals surface area contributed by atoms with Crippen LogP contribution >= 0.6 is 0 Å². The molecule has 1 rings (SSSR count). The fourth-order valence-corrected chi connectivity index (χ4v) is 2.56. The molecule has 0 spiro atoms. The van der Waals surface area contributed by atoms with Crippen molar-refractivity contribution >= 4 is 5.96 Å². The first-order valence-corrected chi connectivity index (χ1v) is 10.1. The van der Waals surface area contributed by atoms with E-state index in [9.17, 15) is 0 Å². The minimum Gasteiger partial charge on any atom is -0.497 e. The van der Waals surface area contributed by atoms with Gasteiger partial charge in [0.2, 0.25) is 0 Å². The number of benzene rings is 1. The zero-order chi connectivity index (χ0) is 20.5. The quantitative estimate of drug-likeness (QED) is 0.270. The highest BCUT2D eigenvalue weighted by Gasteiger charge is 2.02. The van der Waals surface area contributed by atoms with Gasteiger partial charge in [0.25, 0.3) is 0 Å². The van der Waals surface area contributed by atoms with Crippen molar-refractivity contribution in [1.82, 2.24) is 15.5 Å². The first-order valence-electron chi connectivity index (χ1n) is 10.1. The summed E-state index contributed by atoms with van der Waals surface area (Å²) >= 11 is 0. The van der Waals surface area contributed by atoms with Crippen molar-refractivity contribution < 1.29 is 14.2 Å². The van der Waals surface area contributed by atoms with Crippen LogP contribution < -0.4 is 15.4 Å². The Kier molecular flexibility index (Phi) is 14.0. The fraction of sp³-hybridized carbons (Fsp3) is 0.667. The number of rotatable bonds is 15. The van der Waals surface area contributed by atoms with E-state index in [1.54, 1.807) is 14.2 Å². The molecule has 0 saturated heterocycles. The topological polar surface area (TPSA) is 67.3 Å². The summed E-state index contributed by atoms with van der Waals surface area (Å²) in [6.45, 7) is 8.59. The average Bonchev–Trinajstić information content (AvgIpc) is 2.72. The number of hydrogen-bond acceptors (Lipinski definition) is 5. The molecule has 0 aliphatic carbocycles. The SMILES string of the molecule is CCOCCCNC(=NCc1ccc(OC)cc1)NCCN(C)CCCOC. The Bertz CT molecular complexity index is 523. The summed E-state index contributed by atoms with van der Waals surface area (Å²) in [5.41, 5.74) is 1.15. The van der Waals surface area contributed by atoms with Crippen LogP contribution in [0.2, 0.25) is 0 Å². The standard InChI is InChI=1S/C21H38N4O3/c1-5-28-17-6-12-22-21(23-13-15-25(2)14-7-16-26-3)24-18-19-8-10-20(27-4)11-9-19/h8-11H,5-7,12-18H2,1-4H3,(H2,22,23,24). The fourth-order valence-electron chi connectivity index (χ4n) is 2.56. The summed E-state index contributed by atoms with van der Waals surface area (Å²) in [7, 11) is 5.54. The van der Waals surface area contributed by atoms with Crippen molar-refractivity contribution in [2.45, 2.75) is 26.3 Å². The molecule has 1 aromatic carbocycles. The molecule has 2 N–H and O–H groups in total. The highest BCUT2D eigenvalue weighted by molar-refractivity contribution is 5.79. The van der Waals surface area contributed by atoms with Crippen LogP contribution in [0.5, 0.6) is 5.75 Å². The molecule has 0 atom stereocenters. The molecular weight excluding hydrogens is 356 g/mol. The molecule has 0 aliphatic rings. The number of methoxy groups -OCH3 is 2. The zero-order valence-corrected chi connectivity index (χ0v) is 18.0. The largest absolute Gasteiger partial charge is 0.497 e. The van der Waals surface area contributed by atoms with Crippen LogP contribution in [-0.2, 0) is 16.0 Å². The van der Waals surface area contributed by atoms with E-state index in [1.807, 2.05) is 31.2 Å². The zero-order valence-electron chi connectivity index (χ0n) is 18.0. The van der Waals surface area contributed by atoms with E-state index < -0.39 is 0 Å². The minimum absolute atomic E-state index is 0.620. The molecule has 1 aromatic rings. The highest BCUT2D eigenvalue weighted by Crippen LogP contribution is 2.11. The summed E-state index contributed by atoms with van der Waals surface area (Å²) < 4.78 is 15.7. The molecule has 0 saturated carbocycles. The molecule has 7 nitrogen and oxygen atoms in total. The van der Waals surface area contributed by atoms with Gasteiger partial charge in [-0.05, 0) is 44.5 Å². The Morgan fingerprint density at radius 1 is 1.00 bits per heavy atom. The number of hydrogen-bond donors (Lipinski definition) is 2. The lowest BCUT2D eigenvalue weighted by atomic mass is 10.2. The third kappa shape index (κ3) is 11.8. The third-order valence-electron chi connectivity index (χ3n) is 4.22. The number of aliphatic imine (C=N–C) groups is 1. The predicted molar refractivity (Wildman–Crippen MR) is 115 cm³/mol. The second kappa shape index (κ2) is 16.2. The molecular formula is C21H38N4O3. The van der Waals surface area contributed by atoms with Gasteiger partial charge in [0.15, 0.2) is 5.96 Å². The second-order valence-electron chi connectivity index (χ2n) is 6.57. The van der Waals surface area contributed by atoms with E-state index in [0.29, 0.717) is 6.54 Å². The summed E-state index contributed by atoms with van der Waals surface area (Å²) in [6.07, 6.45) is 2.00. The summed E-state index contributed by atoms with van der Waals surface area (Å²) in [5, 5.41) is 6.82. The molecule has 0 radical (unpaired) electrons. The van der Waals surface area contributed by atoms with Crippen LogP contribution in [0.4, 0.5) is 0 Å². The molecule has 0 aliphatic heterocycles. The Hall–Kier alpha value is -1.83. The first-order chi connectivity index (χ1) is 13.7. The van der Waals surface area contributed by atoms with Gasteiger partial charge in [0.1, 0.15) is 5.75 Å². The van der Waals surface area contributed by atoms with Gasteiger partial charge in [-0.25, -0.2) is 4.99 Å². The van der Waals surface area contributed by atoms with E-state index >= 15 is 0 Å². The molecule has 7 heteroatoms. The van der Waals surface area contributed by atoms with Crippen LogP contribution in [0.1, 0.15) is 25.3 Å². The van der Waals surface area contributed by atoms with Gasteiger partial charge in [-0.2, -0.15) is 0 Å². The summed E-state index contributed by atoms with van der Waals surface area (Å²) in [4.78, 5) is 7.01. The van der Waals surface area contributed by atoms with Crippen molar-refractivity contribution in [1.29, 1.82) is 0 Å². The van der Waals surface area contributed by atoms with Gasteiger partial charge in [0, 0.05) is 53.1 Å². The predicted octanol–water partition coefficient (Wildman–Crippen LogP) is 2.13. The van der Waals surface area contributed by atoms with Crippen LogP contribution in [-0.4, -0.2) is 78.1 Å². The van der Waals surface area contributed by atoms with Crippen molar-refractivity contribution in [2.24, 2.45) is 4.99 Å². The van der Waals surface area contributed by atoms with Crippen molar-refractivity contribution in [3.63, 3.8) is 0 Å². The van der Waals surface area contributed by atoms with Gasteiger partial charge < -0.3 is 29.7 Å². The van der Waals surface area contributed by atoms with Crippen LogP contribution in [0.3, 0.4) is 0 Å². The number of nitrogens with one attached hydrogen (secondary N) is 2. The molecule has 0 fully saturated rings. The lowest BCUT2D eigenvalue weighted by Crippen LogP contribution is -2.41. The second-order valence-corrected chi connectivity index (χ2v) is 6.57. The maximum Gasteiger partial charge on any atom is 0.191 e. The van der Waals surface area contributed by atoms with Gasteiger partial charge in [-0.15, -0.1) is 0 Å².